The van der Waals surface area contributed by atoms with Gasteiger partial charge in [-0.3, -0.25) is 0 Å². The molecule has 0 unspecified atom stereocenters. The van der Waals surface area contributed by atoms with E-state index in [1.54, 1.807) is 43.8 Å². The van der Waals surface area contributed by atoms with Crippen LogP contribution >= 0.6 is 0 Å². The van der Waals surface area contributed by atoms with Crippen LogP contribution in [0.2, 0.25) is 39.3 Å². The molecule has 0 aromatic rings. The molecule has 0 atom stereocenters. The first-order valence-electron chi connectivity index (χ1n) is 9.99. The van der Waals surface area contributed by atoms with Gasteiger partial charge in [0, 0.05) is 0 Å². The van der Waals surface area contributed by atoms with Crippen molar-refractivity contribution in [1.29, 1.82) is 0 Å². The van der Waals surface area contributed by atoms with Gasteiger partial charge in [-0.2, -0.15) is 0 Å². The minimum Gasteiger partial charge on any atom is -0.372 e. The smallest absolute Gasteiger partial charge is 0.0784 e. The van der Waals surface area contributed by atoms with E-state index in [1.165, 1.54) is 25.7 Å². The molecule has 1 nitrogen and oxygen atoms in total. The lowest BCUT2D eigenvalue weighted by molar-refractivity contribution is 0.206. The van der Waals surface area contributed by atoms with Crippen LogP contribution in [0.5, 0.6) is 0 Å². The summed E-state index contributed by atoms with van der Waals surface area (Å²) in [6.45, 7) is 21.6. The van der Waals surface area contributed by atoms with Crippen LogP contribution in [0.3, 0.4) is 0 Å². The molecule has 0 fully saturated rings. The highest BCUT2D eigenvalue weighted by molar-refractivity contribution is 6.85. The third-order valence-electron chi connectivity index (χ3n) is 6.08. The molecule has 0 radical (unpaired) electrons. The van der Waals surface area contributed by atoms with E-state index in [2.05, 4.69) is 53.1 Å². The molecule has 3 heteroatoms. The largest absolute Gasteiger partial charge is 0.372 e. The molecule has 0 spiro atoms. The second kappa shape index (κ2) is 6.51. The number of ether oxygens (including phenoxy) is 1. The summed E-state index contributed by atoms with van der Waals surface area (Å²) in [4.78, 5) is 0. The van der Waals surface area contributed by atoms with Gasteiger partial charge in [-0.1, -0.05) is 49.7 Å². The number of allylic oxidation sites excluding steroid dienone is 4. The third kappa shape index (κ3) is 3.35. The molecular formula is C22H36OSi2. The quantitative estimate of drug-likeness (QED) is 0.497. The molecule has 0 saturated heterocycles. The molecule has 0 N–H and O–H groups in total. The highest BCUT2D eigenvalue weighted by atomic mass is 28.3. The van der Waals surface area contributed by atoms with Gasteiger partial charge in [0.1, 0.15) is 0 Å². The van der Waals surface area contributed by atoms with Crippen molar-refractivity contribution < 1.29 is 4.74 Å². The first kappa shape index (κ1) is 19.1. The first-order valence-corrected chi connectivity index (χ1v) is 17.0. The van der Waals surface area contributed by atoms with Crippen molar-refractivity contribution in [1.82, 2.24) is 0 Å². The fourth-order valence-corrected chi connectivity index (χ4v) is 10.2. The van der Waals surface area contributed by atoms with Crippen molar-refractivity contribution in [3.8, 4) is 0 Å². The lowest BCUT2D eigenvalue weighted by Crippen LogP contribution is -2.32. The van der Waals surface area contributed by atoms with Crippen LogP contribution in [0.1, 0.15) is 39.5 Å². The maximum atomic E-state index is 6.09. The van der Waals surface area contributed by atoms with Gasteiger partial charge < -0.3 is 4.74 Å². The minimum atomic E-state index is -1.45. The fourth-order valence-electron chi connectivity index (χ4n) is 5.39. The Hall–Kier alpha value is -0.646. The molecule has 0 amide bonds. The molecule has 1 aliphatic heterocycles. The summed E-state index contributed by atoms with van der Waals surface area (Å²) >= 11 is 0. The lowest BCUT2D eigenvalue weighted by atomic mass is 9.81. The molecule has 25 heavy (non-hydrogen) atoms. The Balaban J connectivity index is 2.41. The summed E-state index contributed by atoms with van der Waals surface area (Å²) in [7, 11) is -2.89. The maximum absolute atomic E-state index is 6.09. The molecular weight excluding hydrogens is 336 g/mol. The van der Waals surface area contributed by atoms with Crippen LogP contribution < -0.4 is 0 Å². The molecule has 138 valence electrons. The van der Waals surface area contributed by atoms with Gasteiger partial charge in [-0.25, -0.2) is 0 Å². The van der Waals surface area contributed by atoms with E-state index in [9.17, 15) is 0 Å². The standard InChI is InChI=1S/C22H36OSi2/c1-15-17-11-9-10-12-18(17)16(2)22(25(6,7)8)20-14-23-13-19(20)21(15)24(3,4)5/h9-14H2,1-8H3/b17-15?,18-16?,21-15+,21-19?,22-16+,22-20?. The molecule has 0 aromatic carbocycles. The van der Waals surface area contributed by atoms with Gasteiger partial charge in [0.15, 0.2) is 0 Å². The minimum absolute atomic E-state index is 0.830. The topological polar surface area (TPSA) is 9.23 Å². The zero-order chi connectivity index (χ0) is 18.6. The van der Waals surface area contributed by atoms with E-state index in [0.29, 0.717) is 0 Å². The van der Waals surface area contributed by atoms with Crippen LogP contribution in [0, 0.1) is 0 Å². The Labute approximate surface area is 157 Å². The Morgan fingerprint density at radius 1 is 0.600 bits per heavy atom. The third-order valence-corrected chi connectivity index (χ3v) is 10.4. The molecule has 2 aliphatic carbocycles. The fraction of sp³-hybridized carbons (Fsp3) is 0.636. The van der Waals surface area contributed by atoms with Crippen molar-refractivity contribution in [2.24, 2.45) is 0 Å². The summed E-state index contributed by atoms with van der Waals surface area (Å²) in [5.41, 5.74) is 9.75. The summed E-state index contributed by atoms with van der Waals surface area (Å²) in [5.74, 6) is 0. The number of hydrogen-bond acceptors (Lipinski definition) is 1. The average Bonchev–Trinajstić information content (AvgIpc) is 2.91. The van der Waals surface area contributed by atoms with Crippen molar-refractivity contribution in [3.63, 3.8) is 0 Å². The molecule has 0 bridgehead atoms. The monoisotopic (exact) mass is 372 g/mol. The molecule has 3 rings (SSSR count). The Morgan fingerprint density at radius 2 is 0.960 bits per heavy atom. The van der Waals surface area contributed by atoms with E-state index >= 15 is 0 Å². The van der Waals surface area contributed by atoms with Gasteiger partial charge in [0.2, 0.25) is 0 Å². The Morgan fingerprint density at radius 3 is 1.28 bits per heavy atom. The van der Waals surface area contributed by atoms with Crippen molar-refractivity contribution in [2.45, 2.75) is 78.8 Å². The normalized spacial score (nSPS) is 28.8. The zero-order valence-electron chi connectivity index (χ0n) is 17.7. The van der Waals surface area contributed by atoms with Crippen LogP contribution in [-0.2, 0) is 4.74 Å². The predicted octanol–water partition coefficient (Wildman–Crippen LogP) is 6.59. The number of rotatable bonds is 2. The lowest BCUT2D eigenvalue weighted by Gasteiger charge is -2.35. The molecule has 1 heterocycles. The summed E-state index contributed by atoms with van der Waals surface area (Å²) in [6.07, 6.45) is 5.25. The van der Waals surface area contributed by atoms with Crippen molar-refractivity contribution in [2.75, 3.05) is 13.2 Å². The maximum Gasteiger partial charge on any atom is 0.0784 e. The van der Waals surface area contributed by atoms with Crippen LogP contribution in [0.25, 0.3) is 0 Å². The molecule has 3 aliphatic rings. The van der Waals surface area contributed by atoms with Crippen LogP contribution in [-0.4, -0.2) is 29.4 Å². The van der Waals surface area contributed by atoms with Gasteiger partial charge >= 0.3 is 0 Å². The van der Waals surface area contributed by atoms with Crippen LogP contribution in [0.4, 0.5) is 0 Å². The van der Waals surface area contributed by atoms with Gasteiger partial charge in [0.25, 0.3) is 0 Å². The van der Waals surface area contributed by atoms with Gasteiger partial charge in [-0.15, -0.1) is 0 Å². The highest BCUT2D eigenvalue weighted by Crippen LogP contribution is 2.46. The number of hydrogen-bond donors (Lipinski definition) is 0. The highest BCUT2D eigenvalue weighted by Gasteiger charge is 2.37. The van der Waals surface area contributed by atoms with Gasteiger partial charge in [-0.05, 0) is 73.0 Å². The second-order valence-electron chi connectivity index (χ2n) is 10.1. The molecule has 0 saturated carbocycles. The predicted molar refractivity (Wildman–Crippen MR) is 115 cm³/mol. The Bertz CT molecular complexity index is 658. The van der Waals surface area contributed by atoms with E-state index in [1.807, 2.05) is 0 Å². The average molecular weight is 373 g/mol. The van der Waals surface area contributed by atoms with E-state index in [4.69, 9.17) is 4.74 Å². The SMILES string of the molecule is C/C1=C(\[Si](C)(C)C)C2=C(COC2)/C([Si](C)(C)C)=C(/C)C2=C1CCCC2. The van der Waals surface area contributed by atoms with E-state index in [-0.39, 0.29) is 0 Å². The summed E-state index contributed by atoms with van der Waals surface area (Å²) < 4.78 is 6.09. The van der Waals surface area contributed by atoms with E-state index in [0.717, 1.165) is 13.2 Å². The summed E-state index contributed by atoms with van der Waals surface area (Å²) in [5, 5.41) is 3.41. The summed E-state index contributed by atoms with van der Waals surface area (Å²) in [6, 6.07) is 0. The molecule has 0 aromatic heterocycles. The van der Waals surface area contributed by atoms with Crippen molar-refractivity contribution in [3.05, 3.63) is 43.8 Å². The van der Waals surface area contributed by atoms with Crippen molar-refractivity contribution >= 4 is 16.1 Å². The second-order valence-corrected chi connectivity index (χ2v) is 20.1. The Kier molecular flexibility index (Phi) is 4.98. The van der Waals surface area contributed by atoms with Gasteiger partial charge in [0.05, 0.1) is 29.4 Å². The first-order chi connectivity index (χ1) is 11.5. The van der Waals surface area contributed by atoms with E-state index < -0.39 is 16.1 Å². The van der Waals surface area contributed by atoms with Crippen LogP contribution in [0.15, 0.2) is 43.8 Å². The zero-order valence-corrected chi connectivity index (χ0v) is 19.7.